The van der Waals surface area contributed by atoms with Gasteiger partial charge < -0.3 is 19.7 Å². The molecule has 0 amide bonds. The van der Waals surface area contributed by atoms with Gasteiger partial charge in [-0.1, -0.05) is 5.92 Å². The Bertz CT molecular complexity index is 1900. The Labute approximate surface area is 241 Å². The molecule has 0 saturated carbocycles. The molecule has 5 aromatic rings. The van der Waals surface area contributed by atoms with Gasteiger partial charge in [0.15, 0.2) is 11.5 Å². The normalized spacial score (nSPS) is 11.9. The van der Waals surface area contributed by atoms with Crippen molar-refractivity contribution in [2.24, 2.45) is 0 Å². The van der Waals surface area contributed by atoms with Gasteiger partial charge in [-0.25, -0.2) is 14.6 Å². The highest BCUT2D eigenvalue weighted by Crippen LogP contribution is 2.51. The molecule has 0 spiro atoms. The van der Waals surface area contributed by atoms with Crippen LogP contribution in [-0.4, -0.2) is 50.3 Å². The van der Waals surface area contributed by atoms with E-state index < -0.39 is 11.9 Å². The SMILES string of the molecule is CC#Cc1sc(-c2ccc(-c3ccnc(-c4cc(C(=O)O)cc(-c5cc(C(=O)O)ccn5)n4)c3)s2)c2c1OCCO2. The van der Waals surface area contributed by atoms with Gasteiger partial charge in [0.1, 0.15) is 18.1 Å². The van der Waals surface area contributed by atoms with E-state index in [4.69, 9.17) is 9.47 Å². The van der Waals surface area contributed by atoms with E-state index >= 15 is 0 Å². The lowest BCUT2D eigenvalue weighted by molar-refractivity contribution is 0.0686. The van der Waals surface area contributed by atoms with Crippen molar-refractivity contribution in [3.63, 3.8) is 0 Å². The van der Waals surface area contributed by atoms with E-state index in [1.807, 2.05) is 24.3 Å². The number of ether oxygens (including phenoxy) is 2. The lowest BCUT2D eigenvalue weighted by atomic mass is 10.1. The van der Waals surface area contributed by atoms with Crippen LogP contribution in [0.3, 0.4) is 0 Å². The van der Waals surface area contributed by atoms with Gasteiger partial charge in [0, 0.05) is 22.1 Å². The second-order valence-electron chi connectivity index (χ2n) is 8.75. The van der Waals surface area contributed by atoms with Crippen LogP contribution in [0.15, 0.2) is 60.9 Å². The fourth-order valence-corrected chi connectivity index (χ4v) is 6.47. The highest BCUT2D eigenvalue weighted by atomic mass is 32.1. The second-order valence-corrected chi connectivity index (χ2v) is 10.9. The van der Waals surface area contributed by atoms with E-state index in [-0.39, 0.29) is 22.5 Å². The summed E-state index contributed by atoms with van der Waals surface area (Å²) in [5.74, 6) is 5.17. The molecule has 6 heterocycles. The van der Waals surface area contributed by atoms with Gasteiger partial charge in [-0.3, -0.25) is 9.97 Å². The van der Waals surface area contributed by atoms with Crippen LogP contribution in [0.2, 0.25) is 0 Å². The van der Waals surface area contributed by atoms with Gasteiger partial charge >= 0.3 is 11.9 Å². The van der Waals surface area contributed by atoms with Crippen LogP contribution in [0.4, 0.5) is 0 Å². The van der Waals surface area contributed by atoms with Crippen LogP contribution in [0, 0.1) is 11.8 Å². The van der Waals surface area contributed by atoms with Crippen molar-refractivity contribution < 1.29 is 29.3 Å². The number of nitrogens with zero attached hydrogens (tertiary/aromatic N) is 3. The molecule has 0 fully saturated rings. The summed E-state index contributed by atoms with van der Waals surface area (Å²) in [6.07, 6.45) is 2.99. The number of rotatable bonds is 6. The van der Waals surface area contributed by atoms with Crippen molar-refractivity contribution >= 4 is 34.6 Å². The number of aromatic carboxylic acids is 2. The Morgan fingerprint density at radius 1 is 0.780 bits per heavy atom. The Morgan fingerprint density at radius 3 is 2.12 bits per heavy atom. The van der Waals surface area contributed by atoms with Gasteiger partial charge in [0.2, 0.25) is 0 Å². The number of hydrogen-bond acceptors (Lipinski definition) is 9. The quantitative estimate of drug-likeness (QED) is 0.225. The molecule has 1 aliphatic heterocycles. The molecule has 0 bridgehead atoms. The molecule has 11 heteroatoms. The van der Waals surface area contributed by atoms with Crippen molar-refractivity contribution in [1.82, 2.24) is 15.0 Å². The Hall–Kier alpha value is -5.05. The molecule has 0 atom stereocenters. The van der Waals surface area contributed by atoms with E-state index in [0.29, 0.717) is 36.1 Å². The molecule has 0 radical (unpaired) electrons. The summed E-state index contributed by atoms with van der Waals surface area (Å²) in [6, 6.07) is 13.3. The minimum atomic E-state index is -1.15. The molecule has 0 aliphatic carbocycles. The molecule has 0 saturated heterocycles. The number of carboxylic acid groups (broad SMARTS) is 2. The van der Waals surface area contributed by atoms with E-state index in [1.54, 1.807) is 24.5 Å². The van der Waals surface area contributed by atoms with Crippen molar-refractivity contribution in [3.05, 3.63) is 76.9 Å². The number of carboxylic acids is 2. The molecule has 5 aromatic heterocycles. The van der Waals surface area contributed by atoms with Crippen molar-refractivity contribution in [1.29, 1.82) is 0 Å². The van der Waals surface area contributed by atoms with Gasteiger partial charge in [0.05, 0.1) is 38.8 Å². The minimum Gasteiger partial charge on any atom is -0.485 e. The smallest absolute Gasteiger partial charge is 0.335 e. The van der Waals surface area contributed by atoms with Gasteiger partial charge in [-0.15, -0.1) is 28.6 Å². The first kappa shape index (κ1) is 26.2. The number of fused-ring (bicyclic) bond motifs is 1. The summed E-state index contributed by atoms with van der Waals surface area (Å²) in [5.41, 5.74) is 2.12. The predicted octanol–water partition coefficient (Wildman–Crippen LogP) is 6.20. The summed E-state index contributed by atoms with van der Waals surface area (Å²) in [4.78, 5) is 40.4. The van der Waals surface area contributed by atoms with Crippen molar-refractivity contribution in [3.8, 4) is 66.3 Å². The molecular weight excluding hydrogens is 562 g/mol. The fraction of sp³-hybridized carbons (Fsp3) is 0.100. The maximum Gasteiger partial charge on any atom is 0.335 e. The fourth-order valence-electron chi connectivity index (χ4n) is 4.27. The maximum absolute atomic E-state index is 11.9. The zero-order chi connectivity index (χ0) is 28.5. The molecule has 6 rings (SSSR count). The number of pyridine rings is 3. The summed E-state index contributed by atoms with van der Waals surface area (Å²) < 4.78 is 11.8. The molecule has 41 heavy (non-hydrogen) atoms. The van der Waals surface area contributed by atoms with Crippen LogP contribution in [0.5, 0.6) is 11.5 Å². The van der Waals surface area contributed by atoms with Gasteiger partial charge in [-0.05, 0) is 61.0 Å². The van der Waals surface area contributed by atoms with Crippen LogP contribution >= 0.6 is 22.7 Å². The number of thiophene rings is 2. The molecule has 2 N–H and O–H groups in total. The van der Waals surface area contributed by atoms with Gasteiger partial charge in [0.25, 0.3) is 0 Å². The van der Waals surface area contributed by atoms with Crippen LogP contribution in [0.1, 0.15) is 32.5 Å². The predicted molar refractivity (Wildman–Crippen MR) is 155 cm³/mol. The molecular formula is C30H19N3O6S2. The zero-order valence-electron chi connectivity index (χ0n) is 21.4. The summed E-state index contributed by atoms with van der Waals surface area (Å²) in [5, 5.41) is 19.1. The van der Waals surface area contributed by atoms with Crippen LogP contribution < -0.4 is 9.47 Å². The highest BCUT2D eigenvalue weighted by Gasteiger charge is 2.25. The highest BCUT2D eigenvalue weighted by molar-refractivity contribution is 7.24. The topological polar surface area (TPSA) is 132 Å². The van der Waals surface area contributed by atoms with Crippen molar-refractivity contribution in [2.45, 2.75) is 6.92 Å². The number of hydrogen-bond donors (Lipinski definition) is 2. The molecule has 0 unspecified atom stereocenters. The third-order valence-corrected chi connectivity index (χ3v) is 8.50. The third-order valence-electron chi connectivity index (χ3n) is 6.12. The van der Waals surface area contributed by atoms with Crippen molar-refractivity contribution in [2.75, 3.05) is 13.2 Å². The minimum absolute atomic E-state index is 0.0190. The Kier molecular flexibility index (Phi) is 6.93. The zero-order valence-corrected chi connectivity index (χ0v) is 23.0. The average Bonchev–Trinajstić information content (AvgIpc) is 3.63. The first-order valence-electron chi connectivity index (χ1n) is 12.3. The third kappa shape index (κ3) is 5.14. The first-order chi connectivity index (χ1) is 19.9. The standard InChI is InChI=1S/C30H19N3O6S2/c1-2-3-24-26-27(39-11-10-38-26)28(41-24)25-5-4-23(40-25)16-6-8-31-19(12-16)21-14-18(30(36)37)15-22(33-21)20-13-17(29(34)35)7-9-32-20/h4-9,12-15H,10-11H2,1H3,(H,34,35)(H,36,37). The summed E-state index contributed by atoms with van der Waals surface area (Å²) in [7, 11) is 0. The van der Waals surface area contributed by atoms with Crippen LogP contribution in [-0.2, 0) is 0 Å². The van der Waals surface area contributed by atoms with E-state index in [9.17, 15) is 19.8 Å². The molecule has 9 nitrogen and oxygen atoms in total. The second kappa shape index (κ2) is 10.8. The lowest BCUT2D eigenvalue weighted by Crippen LogP contribution is -2.14. The van der Waals surface area contributed by atoms with E-state index in [2.05, 4.69) is 26.8 Å². The molecule has 0 aromatic carbocycles. The van der Waals surface area contributed by atoms with E-state index in [1.165, 1.54) is 41.8 Å². The van der Waals surface area contributed by atoms with Crippen LogP contribution in [0.25, 0.3) is 43.0 Å². The van der Waals surface area contributed by atoms with E-state index in [0.717, 1.165) is 25.1 Å². The summed E-state index contributed by atoms with van der Waals surface area (Å²) >= 11 is 3.11. The largest absolute Gasteiger partial charge is 0.485 e. The molecule has 202 valence electrons. The first-order valence-corrected chi connectivity index (χ1v) is 13.9. The van der Waals surface area contributed by atoms with Gasteiger partial charge in [-0.2, -0.15) is 0 Å². The Morgan fingerprint density at radius 2 is 1.41 bits per heavy atom. The number of carbonyl (C=O) groups is 2. The molecule has 1 aliphatic rings. The monoisotopic (exact) mass is 581 g/mol. The lowest BCUT2D eigenvalue weighted by Gasteiger charge is -2.16. The Balaban J connectivity index is 1.38. The summed E-state index contributed by atoms with van der Waals surface area (Å²) in [6.45, 7) is 2.74. The maximum atomic E-state index is 11.9. The number of aromatic nitrogens is 3. The average molecular weight is 582 g/mol.